The lowest BCUT2D eigenvalue weighted by Crippen LogP contribution is -2.20. The topological polar surface area (TPSA) is 31.9 Å². The van der Waals surface area contributed by atoms with Crippen LogP contribution >= 0.6 is 0 Å². The second-order valence-corrected chi connectivity index (χ2v) is 5.91. The number of rotatable bonds is 4. The van der Waals surface area contributed by atoms with E-state index in [0.29, 0.717) is 5.92 Å². The first-order valence-corrected chi connectivity index (χ1v) is 7.27. The Kier molecular flexibility index (Phi) is 4.01. The maximum absolute atomic E-state index is 13.2. The van der Waals surface area contributed by atoms with Crippen molar-refractivity contribution < 1.29 is 8.78 Å². The monoisotopic (exact) mass is 291 g/mol. The molecule has 0 aliphatic carbocycles. The summed E-state index contributed by atoms with van der Waals surface area (Å²) in [7, 11) is 0. The molecule has 0 spiro atoms. The fraction of sp³-hybridized carbons (Fsp3) is 0.438. The number of hydrogen-bond acceptors (Lipinski definition) is 2. The van der Waals surface area contributed by atoms with Crippen LogP contribution in [0.2, 0.25) is 0 Å². The molecule has 1 aromatic heterocycles. The Morgan fingerprint density at radius 2 is 2.00 bits per heavy atom. The molecule has 0 saturated carbocycles. The van der Waals surface area contributed by atoms with E-state index in [4.69, 9.17) is 0 Å². The fourth-order valence-electron chi connectivity index (χ4n) is 3.07. The van der Waals surface area contributed by atoms with E-state index in [1.165, 1.54) is 12.1 Å². The van der Waals surface area contributed by atoms with Crippen molar-refractivity contribution in [2.75, 3.05) is 13.1 Å². The van der Waals surface area contributed by atoms with Gasteiger partial charge in [-0.05, 0) is 56.0 Å². The molecular weight excluding hydrogens is 272 g/mol. The maximum Gasteiger partial charge on any atom is 0.126 e. The lowest BCUT2D eigenvalue weighted by Gasteiger charge is -2.14. The second-order valence-electron chi connectivity index (χ2n) is 5.91. The third kappa shape index (κ3) is 3.67. The van der Waals surface area contributed by atoms with Gasteiger partial charge < -0.3 is 0 Å². The lowest BCUT2D eigenvalue weighted by molar-refractivity contribution is 0.312. The number of H-pyrrole nitrogens is 1. The van der Waals surface area contributed by atoms with E-state index >= 15 is 0 Å². The number of hydrogen-bond donors (Lipinski definition) is 1. The first-order valence-electron chi connectivity index (χ1n) is 7.27. The van der Waals surface area contributed by atoms with Gasteiger partial charge in [0, 0.05) is 24.8 Å². The molecule has 2 aromatic rings. The number of likely N-dealkylation sites (tertiary alicyclic amines) is 1. The zero-order valence-electron chi connectivity index (χ0n) is 12.1. The van der Waals surface area contributed by atoms with E-state index in [0.717, 1.165) is 55.5 Å². The molecule has 21 heavy (non-hydrogen) atoms. The van der Waals surface area contributed by atoms with E-state index in [2.05, 4.69) is 21.2 Å². The van der Waals surface area contributed by atoms with Gasteiger partial charge in [0.25, 0.3) is 0 Å². The Morgan fingerprint density at radius 3 is 2.67 bits per heavy atom. The zero-order valence-corrected chi connectivity index (χ0v) is 12.1. The summed E-state index contributed by atoms with van der Waals surface area (Å²) in [4.78, 5) is 2.34. The minimum Gasteiger partial charge on any atom is -0.297 e. The predicted octanol–water partition coefficient (Wildman–Crippen LogP) is 3.06. The van der Waals surface area contributed by atoms with Gasteiger partial charge in [-0.3, -0.25) is 10.00 Å². The van der Waals surface area contributed by atoms with Crippen molar-refractivity contribution in [1.29, 1.82) is 0 Å². The Hall–Kier alpha value is -1.75. The highest BCUT2D eigenvalue weighted by Crippen LogP contribution is 2.23. The summed E-state index contributed by atoms with van der Waals surface area (Å²) in [6.45, 7) is 4.78. The number of aryl methyl sites for hydroxylation is 1. The summed E-state index contributed by atoms with van der Waals surface area (Å²) in [6.07, 6.45) is 1.78. The number of aromatic nitrogens is 2. The van der Waals surface area contributed by atoms with Gasteiger partial charge in [-0.15, -0.1) is 0 Å². The average molecular weight is 291 g/mol. The Morgan fingerprint density at radius 1 is 1.24 bits per heavy atom. The summed E-state index contributed by atoms with van der Waals surface area (Å²) in [5, 5.41) is 7.19. The van der Waals surface area contributed by atoms with Crippen molar-refractivity contribution in [3.63, 3.8) is 0 Å². The molecule has 5 heteroatoms. The van der Waals surface area contributed by atoms with Gasteiger partial charge in [0.05, 0.1) is 5.69 Å². The molecular formula is C16H19F2N3. The van der Waals surface area contributed by atoms with Crippen LogP contribution in [0.5, 0.6) is 0 Å². The molecule has 0 radical (unpaired) electrons. The van der Waals surface area contributed by atoms with E-state index in [1.807, 2.05) is 6.92 Å². The summed E-state index contributed by atoms with van der Waals surface area (Å²) in [6, 6.07) is 5.84. The molecule has 3 nitrogen and oxygen atoms in total. The average Bonchev–Trinajstić information content (AvgIpc) is 2.98. The molecule has 1 aliphatic heterocycles. The van der Waals surface area contributed by atoms with Crippen LogP contribution in [-0.4, -0.2) is 28.2 Å². The minimum absolute atomic E-state index is 0.450. The summed E-state index contributed by atoms with van der Waals surface area (Å²) in [5.74, 6) is -0.537. The Bertz CT molecular complexity index is 603. The molecule has 1 aliphatic rings. The number of benzene rings is 1. The first-order chi connectivity index (χ1) is 10.1. The normalized spacial score (nSPS) is 19.3. The molecule has 1 saturated heterocycles. The largest absolute Gasteiger partial charge is 0.297 e. The highest BCUT2D eigenvalue weighted by atomic mass is 19.1. The van der Waals surface area contributed by atoms with Gasteiger partial charge in [0.2, 0.25) is 0 Å². The van der Waals surface area contributed by atoms with Crippen molar-refractivity contribution in [2.45, 2.75) is 26.3 Å². The molecule has 0 amide bonds. The zero-order chi connectivity index (χ0) is 14.8. The number of aromatic amines is 1. The lowest BCUT2D eigenvalue weighted by atomic mass is 9.98. The van der Waals surface area contributed by atoms with Crippen molar-refractivity contribution in [2.24, 2.45) is 5.92 Å². The van der Waals surface area contributed by atoms with Crippen LogP contribution in [0.3, 0.4) is 0 Å². The summed E-state index contributed by atoms with van der Waals surface area (Å²) >= 11 is 0. The fourth-order valence-corrected chi connectivity index (χ4v) is 3.07. The van der Waals surface area contributed by atoms with Crippen molar-refractivity contribution >= 4 is 0 Å². The van der Waals surface area contributed by atoms with E-state index < -0.39 is 11.6 Å². The molecule has 1 fully saturated rings. The molecule has 1 N–H and O–H groups in total. The van der Waals surface area contributed by atoms with E-state index in [-0.39, 0.29) is 0 Å². The highest BCUT2D eigenvalue weighted by molar-refractivity contribution is 5.18. The van der Waals surface area contributed by atoms with Crippen LogP contribution in [0.15, 0.2) is 24.3 Å². The van der Waals surface area contributed by atoms with Gasteiger partial charge in [-0.25, -0.2) is 8.78 Å². The smallest absolute Gasteiger partial charge is 0.126 e. The van der Waals surface area contributed by atoms with E-state index in [9.17, 15) is 8.78 Å². The molecule has 1 aromatic carbocycles. The summed E-state index contributed by atoms with van der Waals surface area (Å²) < 4.78 is 26.4. The van der Waals surface area contributed by atoms with Crippen molar-refractivity contribution in [3.8, 4) is 0 Å². The van der Waals surface area contributed by atoms with Crippen LogP contribution in [0.4, 0.5) is 8.78 Å². The third-order valence-electron chi connectivity index (χ3n) is 3.96. The van der Waals surface area contributed by atoms with E-state index in [1.54, 1.807) is 0 Å². The number of nitrogens with one attached hydrogen (secondary N) is 1. The summed E-state index contributed by atoms with van der Waals surface area (Å²) in [5.41, 5.74) is 2.86. The van der Waals surface area contributed by atoms with Crippen LogP contribution < -0.4 is 0 Å². The number of halogens is 2. The number of nitrogens with zero attached hydrogens (tertiary/aromatic N) is 2. The van der Waals surface area contributed by atoms with Crippen molar-refractivity contribution in [1.82, 2.24) is 15.1 Å². The molecule has 2 heterocycles. The van der Waals surface area contributed by atoms with Gasteiger partial charge in [0.15, 0.2) is 0 Å². The molecule has 0 bridgehead atoms. The Balaban J connectivity index is 1.57. The van der Waals surface area contributed by atoms with Crippen molar-refractivity contribution in [3.05, 3.63) is 52.9 Å². The maximum atomic E-state index is 13.2. The Labute approximate surface area is 123 Å². The van der Waals surface area contributed by atoms with Crippen LogP contribution in [-0.2, 0) is 13.0 Å². The van der Waals surface area contributed by atoms with Crippen LogP contribution in [0.1, 0.15) is 23.4 Å². The molecule has 1 atom stereocenters. The standard InChI is InChI=1S/C16H19F2N3/c1-11-4-16(20-19-11)10-21-3-2-12(9-21)5-13-6-14(17)8-15(18)7-13/h4,6-8,12H,2-3,5,9-10H2,1H3,(H,19,20). The van der Waals surface area contributed by atoms with Gasteiger partial charge in [-0.2, -0.15) is 5.10 Å². The molecule has 1 unspecified atom stereocenters. The van der Waals surface area contributed by atoms with Crippen LogP contribution in [0, 0.1) is 24.5 Å². The van der Waals surface area contributed by atoms with Gasteiger partial charge >= 0.3 is 0 Å². The van der Waals surface area contributed by atoms with Gasteiger partial charge in [0.1, 0.15) is 11.6 Å². The highest BCUT2D eigenvalue weighted by Gasteiger charge is 2.23. The SMILES string of the molecule is Cc1cc(CN2CCC(Cc3cc(F)cc(F)c3)C2)n[nH]1. The first kappa shape index (κ1) is 14.2. The quantitative estimate of drug-likeness (QED) is 0.939. The van der Waals surface area contributed by atoms with Crippen LogP contribution in [0.25, 0.3) is 0 Å². The molecule has 112 valence electrons. The van der Waals surface area contributed by atoms with Gasteiger partial charge in [-0.1, -0.05) is 0 Å². The second kappa shape index (κ2) is 5.93. The molecule has 3 rings (SSSR count). The minimum atomic E-state index is -0.494. The third-order valence-corrected chi connectivity index (χ3v) is 3.96. The predicted molar refractivity (Wildman–Crippen MR) is 76.8 cm³/mol.